The van der Waals surface area contributed by atoms with Crippen LogP contribution in [-0.4, -0.2) is 13.7 Å². The molecule has 0 aromatic heterocycles. The van der Waals surface area contributed by atoms with Crippen molar-refractivity contribution in [2.24, 2.45) is 5.73 Å². The first-order chi connectivity index (χ1) is 6.69. The van der Waals surface area contributed by atoms with Gasteiger partial charge in [-0.2, -0.15) is 0 Å². The van der Waals surface area contributed by atoms with Crippen molar-refractivity contribution in [2.45, 2.75) is 26.7 Å². The molecular weight excluding hydrogens is 174 g/mol. The van der Waals surface area contributed by atoms with Gasteiger partial charge in [-0.05, 0) is 56.0 Å². The summed E-state index contributed by atoms with van der Waals surface area (Å²) in [6.07, 6.45) is 2.02. The predicted molar refractivity (Wildman–Crippen MR) is 59.8 cm³/mol. The quantitative estimate of drug-likeness (QED) is 0.795. The Balaban J connectivity index is 2.99. The van der Waals surface area contributed by atoms with Gasteiger partial charge in [-0.3, -0.25) is 0 Å². The van der Waals surface area contributed by atoms with E-state index in [-0.39, 0.29) is 0 Å². The molecule has 78 valence electrons. The number of aryl methyl sites for hydroxylation is 2. The van der Waals surface area contributed by atoms with E-state index in [1.807, 2.05) is 0 Å². The minimum absolute atomic E-state index is 0.733. The van der Waals surface area contributed by atoms with Crippen molar-refractivity contribution in [3.63, 3.8) is 0 Å². The van der Waals surface area contributed by atoms with Gasteiger partial charge in [0.05, 0.1) is 7.11 Å². The standard InChI is InChI=1S/C12H19NO/c1-9-7-10(2)11(5-4-6-13)12(8-9)14-3/h7-8H,4-6,13H2,1-3H3. The van der Waals surface area contributed by atoms with Crippen LogP contribution in [0.2, 0.25) is 0 Å². The molecule has 14 heavy (non-hydrogen) atoms. The van der Waals surface area contributed by atoms with E-state index >= 15 is 0 Å². The molecule has 1 aromatic rings. The molecule has 0 radical (unpaired) electrons. The van der Waals surface area contributed by atoms with Crippen LogP contribution >= 0.6 is 0 Å². The van der Waals surface area contributed by atoms with Crippen molar-refractivity contribution in [3.8, 4) is 5.75 Å². The average Bonchev–Trinajstić information content (AvgIpc) is 2.15. The summed E-state index contributed by atoms with van der Waals surface area (Å²) in [5, 5.41) is 0. The predicted octanol–water partition coefficient (Wildman–Crippen LogP) is 2.20. The lowest BCUT2D eigenvalue weighted by atomic mass is 10.0. The van der Waals surface area contributed by atoms with Crippen molar-refractivity contribution in [2.75, 3.05) is 13.7 Å². The molecule has 0 aliphatic rings. The summed E-state index contributed by atoms with van der Waals surface area (Å²) in [5.74, 6) is 0.996. The largest absolute Gasteiger partial charge is 0.496 e. The third kappa shape index (κ3) is 2.48. The molecule has 2 heteroatoms. The van der Waals surface area contributed by atoms with Crippen LogP contribution in [0.3, 0.4) is 0 Å². The third-order valence-corrected chi connectivity index (χ3v) is 2.43. The number of rotatable bonds is 4. The maximum absolute atomic E-state index is 5.51. The molecule has 0 unspecified atom stereocenters. The van der Waals surface area contributed by atoms with Crippen LogP contribution in [0.15, 0.2) is 12.1 Å². The Hall–Kier alpha value is -1.02. The van der Waals surface area contributed by atoms with Gasteiger partial charge in [0.2, 0.25) is 0 Å². The Morgan fingerprint density at radius 3 is 2.57 bits per heavy atom. The minimum Gasteiger partial charge on any atom is -0.496 e. The second kappa shape index (κ2) is 5.01. The first-order valence-corrected chi connectivity index (χ1v) is 5.03. The highest BCUT2D eigenvalue weighted by atomic mass is 16.5. The van der Waals surface area contributed by atoms with Gasteiger partial charge in [0.15, 0.2) is 0 Å². The fraction of sp³-hybridized carbons (Fsp3) is 0.500. The Morgan fingerprint density at radius 1 is 1.29 bits per heavy atom. The van der Waals surface area contributed by atoms with Gasteiger partial charge >= 0.3 is 0 Å². The highest BCUT2D eigenvalue weighted by Crippen LogP contribution is 2.25. The highest BCUT2D eigenvalue weighted by molar-refractivity contribution is 5.43. The van der Waals surface area contributed by atoms with Gasteiger partial charge < -0.3 is 10.5 Å². The number of ether oxygens (including phenoxy) is 1. The second-order valence-corrected chi connectivity index (χ2v) is 3.65. The molecule has 1 rings (SSSR count). The Morgan fingerprint density at radius 2 is 2.00 bits per heavy atom. The molecule has 0 amide bonds. The van der Waals surface area contributed by atoms with Crippen molar-refractivity contribution in [1.29, 1.82) is 0 Å². The molecule has 0 spiro atoms. The number of benzene rings is 1. The summed E-state index contributed by atoms with van der Waals surface area (Å²) in [6.45, 7) is 4.94. The first-order valence-electron chi connectivity index (χ1n) is 5.03. The summed E-state index contributed by atoms with van der Waals surface area (Å²) in [6, 6.07) is 4.27. The fourth-order valence-electron chi connectivity index (χ4n) is 1.74. The summed E-state index contributed by atoms with van der Waals surface area (Å²) >= 11 is 0. The monoisotopic (exact) mass is 193 g/mol. The molecular formula is C12H19NO. The Kier molecular flexibility index (Phi) is 3.96. The lowest BCUT2D eigenvalue weighted by Crippen LogP contribution is -2.03. The van der Waals surface area contributed by atoms with E-state index < -0.39 is 0 Å². The van der Waals surface area contributed by atoms with Crippen LogP contribution in [0.4, 0.5) is 0 Å². The van der Waals surface area contributed by atoms with E-state index in [4.69, 9.17) is 10.5 Å². The molecule has 0 aliphatic carbocycles. The SMILES string of the molecule is COc1cc(C)cc(C)c1CCCN. The maximum atomic E-state index is 5.51. The number of hydrogen-bond acceptors (Lipinski definition) is 2. The molecule has 2 nitrogen and oxygen atoms in total. The van der Waals surface area contributed by atoms with Gasteiger partial charge in [-0.15, -0.1) is 0 Å². The Labute approximate surface area is 86.1 Å². The summed E-state index contributed by atoms with van der Waals surface area (Å²) < 4.78 is 5.36. The van der Waals surface area contributed by atoms with E-state index in [1.165, 1.54) is 16.7 Å². The molecule has 0 heterocycles. The van der Waals surface area contributed by atoms with Crippen LogP contribution in [0.25, 0.3) is 0 Å². The zero-order chi connectivity index (χ0) is 10.6. The fourth-order valence-corrected chi connectivity index (χ4v) is 1.74. The molecule has 2 N–H and O–H groups in total. The van der Waals surface area contributed by atoms with Gasteiger partial charge in [0.1, 0.15) is 5.75 Å². The van der Waals surface area contributed by atoms with Crippen LogP contribution in [-0.2, 0) is 6.42 Å². The van der Waals surface area contributed by atoms with E-state index in [1.54, 1.807) is 7.11 Å². The number of nitrogens with two attached hydrogens (primary N) is 1. The topological polar surface area (TPSA) is 35.2 Å². The van der Waals surface area contributed by atoms with Crippen LogP contribution in [0.1, 0.15) is 23.1 Å². The smallest absolute Gasteiger partial charge is 0.122 e. The van der Waals surface area contributed by atoms with Crippen LogP contribution in [0.5, 0.6) is 5.75 Å². The van der Waals surface area contributed by atoms with Crippen LogP contribution < -0.4 is 10.5 Å². The summed E-state index contributed by atoms with van der Waals surface area (Å²) in [5.41, 5.74) is 9.35. The minimum atomic E-state index is 0.733. The third-order valence-electron chi connectivity index (χ3n) is 2.43. The lowest BCUT2D eigenvalue weighted by molar-refractivity contribution is 0.408. The van der Waals surface area contributed by atoms with Crippen molar-refractivity contribution < 1.29 is 4.74 Å². The molecule has 0 bridgehead atoms. The summed E-state index contributed by atoms with van der Waals surface area (Å²) in [7, 11) is 1.72. The molecule has 0 atom stereocenters. The molecule has 0 saturated heterocycles. The van der Waals surface area contributed by atoms with Crippen molar-refractivity contribution in [1.82, 2.24) is 0 Å². The second-order valence-electron chi connectivity index (χ2n) is 3.65. The maximum Gasteiger partial charge on any atom is 0.122 e. The summed E-state index contributed by atoms with van der Waals surface area (Å²) in [4.78, 5) is 0. The zero-order valence-electron chi connectivity index (χ0n) is 9.26. The van der Waals surface area contributed by atoms with E-state index in [2.05, 4.69) is 26.0 Å². The number of methoxy groups -OCH3 is 1. The van der Waals surface area contributed by atoms with Gasteiger partial charge in [0, 0.05) is 0 Å². The first kappa shape index (κ1) is 11.1. The number of hydrogen-bond donors (Lipinski definition) is 1. The van der Waals surface area contributed by atoms with Gasteiger partial charge in [-0.25, -0.2) is 0 Å². The normalized spacial score (nSPS) is 10.3. The molecule has 0 aliphatic heterocycles. The molecule has 0 fully saturated rings. The van der Waals surface area contributed by atoms with Crippen molar-refractivity contribution >= 4 is 0 Å². The lowest BCUT2D eigenvalue weighted by Gasteiger charge is -2.12. The highest BCUT2D eigenvalue weighted by Gasteiger charge is 2.06. The van der Waals surface area contributed by atoms with Crippen molar-refractivity contribution in [3.05, 3.63) is 28.8 Å². The van der Waals surface area contributed by atoms with E-state index in [9.17, 15) is 0 Å². The van der Waals surface area contributed by atoms with Gasteiger partial charge in [-0.1, -0.05) is 6.07 Å². The van der Waals surface area contributed by atoms with Gasteiger partial charge in [0.25, 0.3) is 0 Å². The average molecular weight is 193 g/mol. The van der Waals surface area contributed by atoms with E-state index in [0.29, 0.717) is 0 Å². The van der Waals surface area contributed by atoms with E-state index in [0.717, 1.165) is 25.1 Å². The van der Waals surface area contributed by atoms with Crippen LogP contribution in [0, 0.1) is 13.8 Å². The molecule has 1 aromatic carbocycles. The zero-order valence-corrected chi connectivity index (χ0v) is 9.26. The molecule has 0 saturated carbocycles. The Bertz CT molecular complexity index is 307.